The van der Waals surface area contributed by atoms with Gasteiger partial charge in [0.25, 0.3) is 0 Å². The molecule has 2 heterocycles. The Morgan fingerprint density at radius 1 is 0.850 bits per heavy atom. The molecule has 98 valence electrons. The van der Waals surface area contributed by atoms with Gasteiger partial charge in [-0.05, 0) is 30.3 Å². The first kappa shape index (κ1) is 12.2. The zero-order chi connectivity index (χ0) is 13.6. The van der Waals surface area contributed by atoms with Crippen molar-refractivity contribution in [2.75, 3.05) is 0 Å². The number of rotatable bonds is 1. The van der Waals surface area contributed by atoms with Crippen molar-refractivity contribution in [3.8, 4) is 5.69 Å². The van der Waals surface area contributed by atoms with E-state index in [1.807, 2.05) is 71.5 Å². The third-order valence-electron chi connectivity index (χ3n) is 2.76. The SMILES string of the molecule is c1ccc(-n2cccn2)cc1.c1ccc2ocnc2c1. The molecule has 4 heteroatoms. The molecule has 0 atom stereocenters. The summed E-state index contributed by atoms with van der Waals surface area (Å²) in [7, 11) is 0. The van der Waals surface area contributed by atoms with Crippen molar-refractivity contribution in [2.24, 2.45) is 0 Å². The Morgan fingerprint density at radius 2 is 1.65 bits per heavy atom. The second-order valence-corrected chi connectivity index (χ2v) is 4.11. The summed E-state index contributed by atoms with van der Waals surface area (Å²) in [6, 6.07) is 19.6. The maximum atomic E-state index is 5.01. The lowest BCUT2D eigenvalue weighted by atomic mass is 10.3. The zero-order valence-corrected chi connectivity index (χ0v) is 10.8. The Morgan fingerprint density at radius 3 is 2.40 bits per heavy atom. The van der Waals surface area contributed by atoms with Crippen LogP contribution in [0.1, 0.15) is 0 Å². The monoisotopic (exact) mass is 263 g/mol. The van der Waals surface area contributed by atoms with Crippen LogP contribution in [0.5, 0.6) is 0 Å². The minimum Gasteiger partial charge on any atom is -0.443 e. The van der Waals surface area contributed by atoms with Crippen LogP contribution in [0.2, 0.25) is 0 Å². The molecule has 0 unspecified atom stereocenters. The van der Waals surface area contributed by atoms with E-state index in [9.17, 15) is 0 Å². The molecule has 0 saturated carbocycles. The number of nitrogens with zero attached hydrogens (tertiary/aromatic N) is 3. The molecule has 2 aromatic carbocycles. The highest BCUT2D eigenvalue weighted by molar-refractivity contribution is 5.71. The van der Waals surface area contributed by atoms with Crippen LogP contribution in [0, 0.1) is 0 Å². The topological polar surface area (TPSA) is 43.9 Å². The molecule has 0 saturated heterocycles. The van der Waals surface area contributed by atoms with Gasteiger partial charge in [0, 0.05) is 12.4 Å². The van der Waals surface area contributed by atoms with E-state index < -0.39 is 0 Å². The standard InChI is InChI=1S/C9H8N2.C7H5NO/c1-2-5-9(6-3-1)11-8-4-7-10-11;1-2-4-7-6(3-1)8-5-9-7/h1-8H;1-5H. The lowest BCUT2D eigenvalue weighted by Crippen LogP contribution is -1.91. The third kappa shape index (κ3) is 2.75. The van der Waals surface area contributed by atoms with Gasteiger partial charge in [0.05, 0.1) is 5.69 Å². The van der Waals surface area contributed by atoms with Crippen molar-refractivity contribution in [1.82, 2.24) is 14.8 Å². The van der Waals surface area contributed by atoms with Gasteiger partial charge in [0.15, 0.2) is 12.0 Å². The van der Waals surface area contributed by atoms with E-state index in [0.717, 1.165) is 16.8 Å². The summed E-state index contributed by atoms with van der Waals surface area (Å²) in [6.07, 6.45) is 5.15. The molecule has 0 radical (unpaired) electrons. The van der Waals surface area contributed by atoms with Crippen molar-refractivity contribution >= 4 is 11.1 Å². The molecule has 2 aromatic heterocycles. The lowest BCUT2D eigenvalue weighted by Gasteiger charge is -1.97. The van der Waals surface area contributed by atoms with Crippen LogP contribution in [0.15, 0.2) is 83.9 Å². The summed E-state index contributed by atoms with van der Waals surface area (Å²) in [5.74, 6) is 0. The number of para-hydroxylation sites is 3. The van der Waals surface area contributed by atoms with Gasteiger partial charge in [-0.25, -0.2) is 9.67 Å². The maximum absolute atomic E-state index is 5.01. The number of hydrogen-bond donors (Lipinski definition) is 0. The van der Waals surface area contributed by atoms with Crippen molar-refractivity contribution in [3.05, 3.63) is 79.5 Å². The molecule has 0 aliphatic carbocycles. The lowest BCUT2D eigenvalue weighted by molar-refractivity contribution is 0.602. The van der Waals surface area contributed by atoms with Crippen LogP contribution in [0.4, 0.5) is 0 Å². The van der Waals surface area contributed by atoms with Gasteiger partial charge in [-0.3, -0.25) is 0 Å². The van der Waals surface area contributed by atoms with E-state index in [2.05, 4.69) is 10.1 Å². The summed E-state index contributed by atoms with van der Waals surface area (Å²) >= 11 is 0. The summed E-state index contributed by atoms with van der Waals surface area (Å²) < 4.78 is 6.84. The molecule has 0 bridgehead atoms. The Bertz CT molecular complexity index is 730. The summed E-state index contributed by atoms with van der Waals surface area (Å²) in [4.78, 5) is 3.95. The fraction of sp³-hybridized carbons (Fsp3) is 0. The summed E-state index contributed by atoms with van der Waals surface area (Å²) in [5.41, 5.74) is 2.85. The molecule has 0 N–H and O–H groups in total. The summed E-state index contributed by atoms with van der Waals surface area (Å²) in [5, 5.41) is 4.10. The van der Waals surface area contributed by atoms with E-state index in [-0.39, 0.29) is 0 Å². The van der Waals surface area contributed by atoms with Gasteiger partial charge in [0.2, 0.25) is 0 Å². The Labute approximate surface area is 116 Å². The smallest absolute Gasteiger partial charge is 0.181 e. The Balaban J connectivity index is 0.000000123. The fourth-order valence-electron chi connectivity index (χ4n) is 1.81. The van der Waals surface area contributed by atoms with Crippen molar-refractivity contribution in [1.29, 1.82) is 0 Å². The first-order chi connectivity index (χ1) is 9.93. The molecule has 4 rings (SSSR count). The molecule has 4 nitrogen and oxygen atoms in total. The van der Waals surface area contributed by atoms with Gasteiger partial charge in [-0.2, -0.15) is 5.10 Å². The molecular formula is C16H13N3O. The van der Waals surface area contributed by atoms with E-state index in [1.165, 1.54) is 6.39 Å². The molecule has 0 amide bonds. The normalized spacial score (nSPS) is 10.0. The van der Waals surface area contributed by atoms with Crippen LogP contribution in [0.25, 0.3) is 16.8 Å². The minimum absolute atomic E-state index is 0.845. The molecule has 0 aliphatic rings. The first-order valence-corrected chi connectivity index (χ1v) is 6.27. The second-order valence-electron chi connectivity index (χ2n) is 4.11. The van der Waals surface area contributed by atoms with E-state index in [4.69, 9.17) is 4.42 Å². The predicted molar refractivity (Wildman–Crippen MR) is 77.6 cm³/mol. The maximum Gasteiger partial charge on any atom is 0.181 e. The van der Waals surface area contributed by atoms with Crippen LogP contribution in [-0.2, 0) is 0 Å². The Kier molecular flexibility index (Phi) is 3.55. The van der Waals surface area contributed by atoms with Gasteiger partial charge < -0.3 is 4.42 Å². The molecule has 0 fully saturated rings. The third-order valence-corrected chi connectivity index (χ3v) is 2.76. The summed E-state index contributed by atoms with van der Waals surface area (Å²) in [6.45, 7) is 0. The first-order valence-electron chi connectivity index (χ1n) is 6.27. The van der Waals surface area contributed by atoms with Gasteiger partial charge in [-0.1, -0.05) is 30.3 Å². The molecular weight excluding hydrogens is 250 g/mol. The van der Waals surface area contributed by atoms with Gasteiger partial charge in [0.1, 0.15) is 5.52 Å². The van der Waals surface area contributed by atoms with Crippen molar-refractivity contribution in [3.63, 3.8) is 0 Å². The van der Waals surface area contributed by atoms with Crippen molar-refractivity contribution < 1.29 is 4.42 Å². The highest BCUT2D eigenvalue weighted by Crippen LogP contribution is 2.09. The highest BCUT2D eigenvalue weighted by atomic mass is 16.3. The van der Waals surface area contributed by atoms with Crippen LogP contribution in [0.3, 0.4) is 0 Å². The predicted octanol–water partition coefficient (Wildman–Crippen LogP) is 3.70. The van der Waals surface area contributed by atoms with Crippen LogP contribution >= 0.6 is 0 Å². The fourth-order valence-corrected chi connectivity index (χ4v) is 1.81. The second kappa shape index (κ2) is 5.84. The number of hydrogen-bond acceptors (Lipinski definition) is 3. The molecule has 0 aliphatic heterocycles. The van der Waals surface area contributed by atoms with E-state index in [0.29, 0.717) is 0 Å². The Hall–Kier alpha value is -2.88. The number of oxazole rings is 1. The molecule has 0 spiro atoms. The number of fused-ring (bicyclic) bond motifs is 1. The van der Waals surface area contributed by atoms with Gasteiger partial charge >= 0.3 is 0 Å². The van der Waals surface area contributed by atoms with E-state index >= 15 is 0 Å². The average Bonchev–Trinajstić information content (AvgIpc) is 3.20. The van der Waals surface area contributed by atoms with Gasteiger partial charge in [-0.15, -0.1) is 0 Å². The van der Waals surface area contributed by atoms with Crippen LogP contribution in [-0.4, -0.2) is 14.8 Å². The zero-order valence-electron chi connectivity index (χ0n) is 10.8. The number of aromatic nitrogens is 3. The molecule has 4 aromatic rings. The highest BCUT2D eigenvalue weighted by Gasteiger charge is 1.91. The minimum atomic E-state index is 0.845. The van der Waals surface area contributed by atoms with Crippen molar-refractivity contribution in [2.45, 2.75) is 0 Å². The van der Waals surface area contributed by atoms with E-state index in [1.54, 1.807) is 6.20 Å². The molecule has 20 heavy (non-hydrogen) atoms. The largest absolute Gasteiger partial charge is 0.443 e. The quantitative estimate of drug-likeness (QED) is 0.526. The van der Waals surface area contributed by atoms with Crippen LogP contribution < -0.4 is 0 Å². The average molecular weight is 263 g/mol. The number of benzene rings is 2.